The van der Waals surface area contributed by atoms with Gasteiger partial charge in [-0.1, -0.05) is 42.5 Å². The number of benzene rings is 1. The standard InChI is InChI=1S/C13H14O2/c14-13-12(9-10-15-13)8-4-7-11-5-2-1-3-6-11/h1-7,12H,8-10H2/b7-4+. The van der Waals surface area contributed by atoms with E-state index in [4.69, 9.17) is 4.74 Å². The third kappa shape index (κ3) is 2.69. The first kappa shape index (κ1) is 9.97. The van der Waals surface area contributed by atoms with E-state index in [0.717, 1.165) is 12.8 Å². The van der Waals surface area contributed by atoms with Gasteiger partial charge in [0.25, 0.3) is 0 Å². The molecule has 1 saturated heterocycles. The van der Waals surface area contributed by atoms with E-state index >= 15 is 0 Å². The van der Waals surface area contributed by atoms with Crippen molar-refractivity contribution in [1.29, 1.82) is 0 Å². The molecule has 1 unspecified atom stereocenters. The number of ether oxygens (including phenoxy) is 1. The molecule has 1 fully saturated rings. The first-order valence-electron chi connectivity index (χ1n) is 5.24. The van der Waals surface area contributed by atoms with E-state index in [9.17, 15) is 4.79 Å². The van der Waals surface area contributed by atoms with Gasteiger partial charge < -0.3 is 4.74 Å². The Morgan fingerprint density at radius 2 is 2.13 bits per heavy atom. The molecule has 0 saturated carbocycles. The van der Waals surface area contributed by atoms with Gasteiger partial charge in [-0.25, -0.2) is 0 Å². The van der Waals surface area contributed by atoms with Gasteiger partial charge in [0.05, 0.1) is 12.5 Å². The van der Waals surface area contributed by atoms with Gasteiger partial charge in [0.1, 0.15) is 0 Å². The van der Waals surface area contributed by atoms with Gasteiger partial charge in [0.2, 0.25) is 0 Å². The summed E-state index contributed by atoms with van der Waals surface area (Å²) in [5.41, 5.74) is 1.17. The van der Waals surface area contributed by atoms with Crippen molar-refractivity contribution in [3.8, 4) is 0 Å². The highest BCUT2D eigenvalue weighted by Gasteiger charge is 2.24. The molecule has 0 bridgehead atoms. The second-order valence-electron chi connectivity index (χ2n) is 3.70. The molecule has 0 aliphatic carbocycles. The zero-order valence-electron chi connectivity index (χ0n) is 8.56. The van der Waals surface area contributed by atoms with Crippen LogP contribution in [0.1, 0.15) is 18.4 Å². The van der Waals surface area contributed by atoms with Crippen LogP contribution in [-0.4, -0.2) is 12.6 Å². The summed E-state index contributed by atoms with van der Waals surface area (Å²) >= 11 is 0. The van der Waals surface area contributed by atoms with E-state index in [-0.39, 0.29) is 11.9 Å². The van der Waals surface area contributed by atoms with Gasteiger partial charge >= 0.3 is 5.97 Å². The Morgan fingerprint density at radius 1 is 1.33 bits per heavy atom. The minimum atomic E-state index is -0.0484. The molecule has 1 aliphatic heterocycles. The topological polar surface area (TPSA) is 26.3 Å². The predicted octanol–water partition coefficient (Wildman–Crippen LogP) is 2.65. The summed E-state index contributed by atoms with van der Waals surface area (Å²) in [6.07, 6.45) is 5.74. The summed E-state index contributed by atoms with van der Waals surface area (Å²) in [6, 6.07) is 10.1. The Balaban J connectivity index is 1.88. The number of carbonyl (C=O) groups excluding carboxylic acids is 1. The summed E-state index contributed by atoms with van der Waals surface area (Å²) in [7, 11) is 0. The molecule has 0 spiro atoms. The lowest BCUT2D eigenvalue weighted by molar-refractivity contribution is -0.141. The molecule has 2 nitrogen and oxygen atoms in total. The molecular formula is C13H14O2. The molecule has 2 rings (SSSR count). The molecule has 2 heteroatoms. The van der Waals surface area contributed by atoms with Crippen molar-refractivity contribution in [1.82, 2.24) is 0 Å². The number of esters is 1. The highest BCUT2D eigenvalue weighted by molar-refractivity contribution is 5.74. The number of rotatable bonds is 3. The molecule has 0 amide bonds. The van der Waals surface area contributed by atoms with Crippen LogP contribution in [0.3, 0.4) is 0 Å². The molecule has 1 aromatic carbocycles. The molecule has 1 heterocycles. The second kappa shape index (κ2) is 4.78. The maximum Gasteiger partial charge on any atom is 0.309 e. The second-order valence-corrected chi connectivity index (χ2v) is 3.70. The van der Waals surface area contributed by atoms with Gasteiger partial charge in [-0.2, -0.15) is 0 Å². The number of hydrogen-bond acceptors (Lipinski definition) is 2. The molecule has 1 aliphatic rings. The van der Waals surface area contributed by atoms with Gasteiger partial charge in [-0.15, -0.1) is 0 Å². The first-order valence-corrected chi connectivity index (χ1v) is 5.24. The zero-order chi connectivity index (χ0) is 10.5. The third-order valence-electron chi connectivity index (χ3n) is 2.57. The van der Waals surface area contributed by atoms with Gasteiger partial charge in [0.15, 0.2) is 0 Å². The molecule has 15 heavy (non-hydrogen) atoms. The fourth-order valence-corrected chi connectivity index (χ4v) is 1.68. The minimum Gasteiger partial charge on any atom is -0.465 e. The Labute approximate surface area is 89.6 Å². The monoisotopic (exact) mass is 202 g/mol. The van der Waals surface area contributed by atoms with Crippen LogP contribution in [0, 0.1) is 5.92 Å². The van der Waals surface area contributed by atoms with E-state index in [0.29, 0.717) is 6.61 Å². The first-order chi connectivity index (χ1) is 7.36. The molecule has 0 N–H and O–H groups in total. The average Bonchev–Trinajstić information content (AvgIpc) is 2.66. The minimum absolute atomic E-state index is 0.0484. The van der Waals surface area contributed by atoms with Gasteiger partial charge in [-0.3, -0.25) is 4.79 Å². The molecule has 1 atom stereocenters. The molecule has 0 radical (unpaired) electrons. The van der Waals surface area contributed by atoms with Crippen LogP contribution in [-0.2, 0) is 9.53 Å². The van der Waals surface area contributed by atoms with Crippen molar-refractivity contribution in [2.75, 3.05) is 6.61 Å². The number of cyclic esters (lactones) is 1. The van der Waals surface area contributed by atoms with Crippen molar-refractivity contribution in [3.63, 3.8) is 0 Å². The number of hydrogen-bond donors (Lipinski definition) is 0. The van der Waals surface area contributed by atoms with Crippen molar-refractivity contribution in [2.45, 2.75) is 12.8 Å². The summed E-state index contributed by atoms with van der Waals surface area (Å²) < 4.78 is 4.90. The normalized spacial score (nSPS) is 20.8. The summed E-state index contributed by atoms with van der Waals surface area (Å²) in [6.45, 7) is 0.586. The SMILES string of the molecule is O=C1OCCC1C/C=C/c1ccccc1. The van der Waals surface area contributed by atoms with E-state index in [1.807, 2.05) is 42.5 Å². The van der Waals surface area contributed by atoms with Crippen LogP contribution in [0.5, 0.6) is 0 Å². The Hall–Kier alpha value is -1.57. The fourth-order valence-electron chi connectivity index (χ4n) is 1.68. The van der Waals surface area contributed by atoms with Gasteiger partial charge in [-0.05, 0) is 18.4 Å². The fraction of sp³-hybridized carbons (Fsp3) is 0.308. The lowest BCUT2D eigenvalue weighted by atomic mass is 10.0. The molecule has 0 aromatic heterocycles. The summed E-state index contributed by atoms with van der Waals surface area (Å²) in [4.78, 5) is 11.2. The van der Waals surface area contributed by atoms with Crippen LogP contribution < -0.4 is 0 Å². The van der Waals surface area contributed by atoms with Crippen molar-refractivity contribution in [3.05, 3.63) is 42.0 Å². The Kier molecular flexibility index (Phi) is 3.18. The van der Waals surface area contributed by atoms with E-state index in [1.165, 1.54) is 5.56 Å². The van der Waals surface area contributed by atoms with E-state index < -0.39 is 0 Å². The van der Waals surface area contributed by atoms with Crippen LogP contribution >= 0.6 is 0 Å². The van der Waals surface area contributed by atoms with Crippen LogP contribution in [0.25, 0.3) is 6.08 Å². The Morgan fingerprint density at radius 3 is 2.80 bits per heavy atom. The zero-order valence-corrected chi connectivity index (χ0v) is 8.56. The lowest BCUT2D eigenvalue weighted by Gasteiger charge is -1.99. The summed E-state index contributed by atoms with van der Waals surface area (Å²) in [5.74, 6) is 0.0256. The highest BCUT2D eigenvalue weighted by atomic mass is 16.5. The van der Waals surface area contributed by atoms with Crippen LogP contribution in [0.2, 0.25) is 0 Å². The molecular weight excluding hydrogens is 188 g/mol. The predicted molar refractivity (Wildman–Crippen MR) is 59.2 cm³/mol. The largest absolute Gasteiger partial charge is 0.465 e. The Bertz CT molecular complexity index is 354. The lowest BCUT2D eigenvalue weighted by Crippen LogP contribution is -2.05. The quantitative estimate of drug-likeness (QED) is 0.704. The number of allylic oxidation sites excluding steroid dienone is 1. The van der Waals surface area contributed by atoms with Gasteiger partial charge in [0, 0.05) is 0 Å². The van der Waals surface area contributed by atoms with E-state index in [1.54, 1.807) is 0 Å². The smallest absolute Gasteiger partial charge is 0.309 e. The average molecular weight is 202 g/mol. The van der Waals surface area contributed by atoms with Crippen molar-refractivity contribution < 1.29 is 9.53 Å². The van der Waals surface area contributed by atoms with Crippen molar-refractivity contribution >= 4 is 12.0 Å². The maximum absolute atomic E-state index is 11.2. The van der Waals surface area contributed by atoms with E-state index in [2.05, 4.69) is 0 Å². The molecule has 78 valence electrons. The highest BCUT2D eigenvalue weighted by Crippen LogP contribution is 2.18. The number of carbonyl (C=O) groups is 1. The van der Waals surface area contributed by atoms with Crippen LogP contribution in [0.4, 0.5) is 0 Å². The third-order valence-corrected chi connectivity index (χ3v) is 2.57. The summed E-state index contributed by atoms with van der Waals surface area (Å²) in [5, 5.41) is 0. The maximum atomic E-state index is 11.2. The van der Waals surface area contributed by atoms with Crippen LogP contribution in [0.15, 0.2) is 36.4 Å². The molecule has 1 aromatic rings. The van der Waals surface area contributed by atoms with Crippen molar-refractivity contribution in [2.24, 2.45) is 5.92 Å².